The Morgan fingerprint density at radius 2 is 2.09 bits per heavy atom. The van der Waals surface area contributed by atoms with Crippen molar-refractivity contribution in [1.82, 2.24) is 14.8 Å². The third kappa shape index (κ3) is 3.67. The van der Waals surface area contributed by atoms with Gasteiger partial charge in [-0.2, -0.15) is 10.1 Å². The van der Waals surface area contributed by atoms with E-state index in [0.717, 1.165) is 31.5 Å². The zero-order valence-electron chi connectivity index (χ0n) is 13.5. The van der Waals surface area contributed by atoms with E-state index >= 15 is 0 Å². The Hall–Kier alpha value is -1.84. The van der Waals surface area contributed by atoms with E-state index in [4.69, 9.17) is 0 Å². The molecule has 0 saturated carbocycles. The molecule has 0 amide bonds. The molecule has 1 unspecified atom stereocenters. The summed E-state index contributed by atoms with van der Waals surface area (Å²) in [5.74, 6) is 1.84. The lowest BCUT2D eigenvalue weighted by Crippen LogP contribution is -2.37. The summed E-state index contributed by atoms with van der Waals surface area (Å²) < 4.78 is 2.01. The molecular weight excluding hydrogens is 272 g/mol. The molecule has 0 spiro atoms. The monoisotopic (exact) mass is 298 g/mol. The van der Waals surface area contributed by atoms with Crippen LogP contribution in [0.5, 0.6) is 0 Å². The van der Waals surface area contributed by atoms with Crippen LogP contribution in [0, 0.1) is 5.92 Å². The molecule has 4 heteroatoms. The Morgan fingerprint density at radius 3 is 2.91 bits per heavy atom. The first-order chi connectivity index (χ1) is 10.9. The molecule has 2 heterocycles. The summed E-state index contributed by atoms with van der Waals surface area (Å²) in [6.07, 6.45) is 8.09. The molecule has 1 aromatic heterocycles. The van der Waals surface area contributed by atoms with Crippen molar-refractivity contribution in [2.24, 2.45) is 5.92 Å². The SMILES string of the molecule is CCn1ncnc1N1CCCC(CCCc2ccccc2)C1. The second-order valence-electron chi connectivity index (χ2n) is 6.21. The van der Waals surface area contributed by atoms with E-state index in [9.17, 15) is 0 Å². The molecule has 0 radical (unpaired) electrons. The molecule has 1 aromatic carbocycles. The van der Waals surface area contributed by atoms with Gasteiger partial charge in [0.1, 0.15) is 6.33 Å². The van der Waals surface area contributed by atoms with Crippen molar-refractivity contribution < 1.29 is 0 Å². The molecule has 1 atom stereocenters. The Kier molecular flexibility index (Phi) is 5.09. The predicted molar refractivity (Wildman–Crippen MR) is 90.0 cm³/mol. The Bertz CT molecular complexity index is 563. The van der Waals surface area contributed by atoms with Crippen LogP contribution in [0.2, 0.25) is 0 Å². The van der Waals surface area contributed by atoms with Gasteiger partial charge in [0.15, 0.2) is 0 Å². The van der Waals surface area contributed by atoms with Crippen LogP contribution in [0.1, 0.15) is 38.2 Å². The molecule has 1 aliphatic rings. The van der Waals surface area contributed by atoms with Crippen LogP contribution >= 0.6 is 0 Å². The Labute approximate surface area is 133 Å². The quantitative estimate of drug-likeness (QED) is 0.818. The minimum atomic E-state index is 0.791. The highest BCUT2D eigenvalue weighted by atomic mass is 15.4. The molecule has 4 nitrogen and oxygen atoms in total. The summed E-state index contributed by atoms with van der Waals surface area (Å²) in [5.41, 5.74) is 1.46. The highest BCUT2D eigenvalue weighted by Gasteiger charge is 2.22. The third-order valence-corrected chi connectivity index (χ3v) is 4.62. The maximum Gasteiger partial charge on any atom is 0.223 e. The molecular formula is C18H26N4. The van der Waals surface area contributed by atoms with Gasteiger partial charge in [-0.15, -0.1) is 0 Å². The molecule has 0 aliphatic carbocycles. The van der Waals surface area contributed by atoms with Gasteiger partial charge in [0, 0.05) is 19.6 Å². The zero-order valence-corrected chi connectivity index (χ0v) is 13.5. The maximum absolute atomic E-state index is 4.45. The number of hydrogen-bond acceptors (Lipinski definition) is 3. The largest absolute Gasteiger partial charge is 0.341 e. The first kappa shape index (κ1) is 15.1. The Morgan fingerprint density at radius 1 is 1.23 bits per heavy atom. The lowest BCUT2D eigenvalue weighted by molar-refractivity contribution is 0.376. The van der Waals surface area contributed by atoms with Gasteiger partial charge >= 0.3 is 0 Å². The van der Waals surface area contributed by atoms with Crippen molar-refractivity contribution in [2.45, 2.75) is 45.6 Å². The topological polar surface area (TPSA) is 34.0 Å². The molecule has 3 rings (SSSR count). The summed E-state index contributed by atoms with van der Waals surface area (Å²) in [5, 5.41) is 4.30. The number of aryl methyl sites for hydroxylation is 2. The van der Waals surface area contributed by atoms with Gasteiger partial charge in [0.05, 0.1) is 0 Å². The van der Waals surface area contributed by atoms with Crippen LogP contribution in [0.15, 0.2) is 36.7 Å². The number of anilines is 1. The molecule has 0 bridgehead atoms. The number of aromatic nitrogens is 3. The second kappa shape index (κ2) is 7.43. The normalized spacial score (nSPS) is 18.6. The van der Waals surface area contributed by atoms with Gasteiger partial charge in [-0.1, -0.05) is 30.3 Å². The number of piperidine rings is 1. The minimum absolute atomic E-state index is 0.791. The fraction of sp³-hybridized carbons (Fsp3) is 0.556. The lowest BCUT2D eigenvalue weighted by atomic mass is 9.92. The summed E-state index contributed by atoms with van der Waals surface area (Å²) in [7, 11) is 0. The van der Waals surface area contributed by atoms with E-state index in [0.29, 0.717) is 0 Å². The summed E-state index contributed by atoms with van der Waals surface area (Å²) in [6.45, 7) is 5.27. The highest BCUT2D eigenvalue weighted by molar-refractivity contribution is 5.30. The van der Waals surface area contributed by atoms with E-state index in [1.54, 1.807) is 6.33 Å². The van der Waals surface area contributed by atoms with Crippen molar-refractivity contribution in [3.63, 3.8) is 0 Å². The maximum atomic E-state index is 4.45. The lowest BCUT2D eigenvalue weighted by Gasteiger charge is -2.33. The average molecular weight is 298 g/mol. The average Bonchev–Trinajstić information content (AvgIpc) is 3.05. The number of hydrogen-bond donors (Lipinski definition) is 0. The molecule has 1 saturated heterocycles. The molecule has 1 fully saturated rings. The van der Waals surface area contributed by atoms with Crippen molar-refractivity contribution >= 4 is 5.95 Å². The summed E-state index contributed by atoms with van der Waals surface area (Å²) in [4.78, 5) is 6.87. The minimum Gasteiger partial charge on any atom is -0.341 e. The summed E-state index contributed by atoms with van der Waals surface area (Å²) in [6, 6.07) is 10.8. The zero-order chi connectivity index (χ0) is 15.2. The van der Waals surface area contributed by atoms with Gasteiger partial charge < -0.3 is 4.90 Å². The van der Waals surface area contributed by atoms with Crippen molar-refractivity contribution in [2.75, 3.05) is 18.0 Å². The second-order valence-corrected chi connectivity index (χ2v) is 6.21. The first-order valence-electron chi connectivity index (χ1n) is 8.53. The van der Waals surface area contributed by atoms with Crippen LogP contribution in [-0.4, -0.2) is 27.9 Å². The van der Waals surface area contributed by atoms with Gasteiger partial charge in [0.25, 0.3) is 0 Å². The van der Waals surface area contributed by atoms with Gasteiger partial charge in [0.2, 0.25) is 5.95 Å². The fourth-order valence-electron chi connectivity index (χ4n) is 3.45. The van der Waals surface area contributed by atoms with E-state index < -0.39 is 0 Å². The molecule has 118 valence electrons. The van der Waals surface area contributed by atoms with E-state index in [-0.39, 0.29) is 0 Å². The molecule has 2 aromatic rings. The smallest absolute Gasteiger partial charge is 0.223 e. The predicted octanol–water partition coefficient (Wildman–Crippen LogP) is 3.54. The van der Waals surface area contributed by atoms with Gasteiger partial charge in [-0.05, 0) is 50.5 Å². The number of rotatable bonds is 6. The van der Waals surface area contributed by atoms with Crippen LogP contribution in [0.25, 0.3) is 0 Å². The van der Waals surface area contributed by atoms with Crippen molar-refractivity contribution in [1.29, 1.82) is 0 Å². The highest BCUT2D eigenvalue weighted by Crippen LogP contribution is 2.25. The van der Waals surface area contributed by atoms with Gasteiger partial charge in [-0.25, -0.2) is 4.68 Å². The molecule has 22 heavy (non-hydrogen) atoms. The third-order valence-electron chi connectivity index (χ3n) is 4.62. The molecule has 0 N–H and O–H groups in total. The van der Waals surface area contributed by atoms with E-state index in [1.807, 2.05) is 4.68 Å². The van der Waals surface area contributed by atoms with E-state index in [2.05, 4.69) is 52.2 Å². The Balaban J connectivity index is 1.50. The van der Waals surface area contributed by atoms with Crippen molar-refractivity contribution in [3.05, 3.63) is 42.2 Å². The van der Waals surface area contributed by atoms with Crippen LogP contribution in [0.4, 0.5) is 5.95 Å². The standard InChI is InChI=1S/C18H26N4/c1-2-22-18(19-15-20-22)21-13-7-12-17(14-21)11-6-10-16-8-4-3-5-9-16/h3-5,8-9,15,17H,2,6-7,10-14H2,1H3. The van der Waals surface area contributed by atoms with Crippen LogP contribution in [0.3, 0.4) is 0 Å². The van der Waals surface area contributed by atoms with Crippen molar-refractivity contribution in [3.8, 4) is 0 Å². The van der Waals surface area contributed by atoms with Crippen LogP contribution < -0.4 is 4.90 Å². The summed E-state index contributed by atoms with van der Waals surface area (Å²) >= 11 is 0. The first-order valence-corrected chi connectivity index (χ1v) is 8.53. The van der Waals surface area contributed by atoms with Gasteiger partial charge in [-0.3, -0.25) is 0 Å². The van der Waals surface area contributed by atoms with E-state index in [1.165, 1.54) is 37.7 Å². The fourth-order valence-corrected chi connectivity index (χ4v) is 3.45. The van der Waals surface area contributed by atoms with Crippen LogP contribution in [-0.2, 0) is 13.0 Å². The molecule has 1 aliphatic heterocycles. The number of benzene rings is 1. The number of nitrogens with zero attached hydrogens (tertiary/aromatic N) is 4.